The van der Waals surface area contributed by atoms with Crippen molar-refractivity contribution in [3.63, 3.8) is 0 Å². The van der Waals surface area contributed by atoms with Crippen LogP contribution in [0.15, 0.2) is 0 Å². The summed E-state index contributed by atoms with van der Waals surface area (Å²) in [5, 5.41) is 0. The number of likely N-dealkylation sites (N-methyl/N-ethyl adjacent to an activating group) is 1. The number of hydrogen-bond acceptors (Lipinski definition) is 4. The van der Waals surface area contributed by atoms with E-state index in [-0.39, 0.29) is 0 Å². The van der Waals surface area contributed by atoms with Crippen molar-refractivity contribution in [3.8, 4) is 0 Å². The summed E-state index contributed by atoms with van der Waals surface area (Å²) in [5.41, 5.74) is 0. The highest BCUT2D eigenvalue weighted by molar-refractivity contribution is 8.76. The maximum Gasteiger partial charge on any atom is 0.0165 e. The van der Waals surface area contributed by atoms with Crippen LogP contribution in [0, 0.1) is 0 Å². The molecule has 1 aliphatic heterocycles. The largest absolute Gasteiger partial charge is 0.304 e. The van der Waals surface area contributed by atoms with E-state index in [1.54, 1.807) is 0 Å². The number of hydrogen-bond donors (Lipinski definition) is 0. The summed E-state index contributed by atoms with van der Waals surface area (Å²) in [6.45, 7) is 8.48. The summed E-state index contributed by atoms with van der Waals surface area (Å²) in [4.78, 5) is 4.98. The molecular formula is C9H20N2S2. The van der Waals surface area contributed by atoms with Gasteiger partial charge in [0, 0.05) is 44.2 Å². The van der Waals surface area contributed by atoms with Crippen LogP contribution in [-0.4, -0.2) is 61.1 Å². The molecule has 0 N–H and O–H groups in total. The maximum atomic E-state index is 2.57. The van der Waals surface area contributed by atoms with Crippen molar-refractivity contribution in [1.82, 2.24) is 9.80 Å². The van der Waals surface area contributed by atoms with E-state index in [2.05, 4.69) is 23.8 Å². The minimum Gasteiger partial charge on any atom is -0.304 e. The molecule has 0 unspecified atom stereocenters. The molecule has 0 aromatic carbocycles. The van der Waals surface area contributed by atoms with Gasteiger partial charge in [0.05, 0.1) is 0 Å². The zero-order valence-electron chi connectivity index (χ0n) is 8.66. The van der Waals surface area contributed by atoms with Crippen LogP contribution in [0.2, 0.25) is 0 Å². The summed E-state index contributed by atoms with van der Waals surface area (Å²) < 4.78 is 0. The van der Waals surface area contributed by atoms with Gasteiger partial charge in [0.15, 0.2) is 0 Å². The molecule has 0 atom stereocenters. The molecule has 0 radical (unpaired) electrons. The van der Waals surface area contributed by atoms with Crippen molar-refractivity contribution in [2.24, 2.45) is 0 Å². The van der Waals surface area contributed by atoms with E-state index in [9.17, 15) is 0 Å². The third kappa shape index (κ3) is 5.15. The van der Waals surface area contributed by atoms with E-state index in [1.807, 2.05) is 21.6 Å². The lowest BCUT2D eigenvalue weighted by molar-refractivity contribution is 0.161. The first kappa shape index (κ1) is 11.7. The van der Waals surface area contributed by atoms with Gasteiger partial charge >= 0.3 is 0 Å². The van der Waals surface area contributed by atoms with Gasteiger partial charge in [0.2, 0.25) is 0 Å². The molecule has 1 fully saturated rings. The molecule has 1 aliphatic rings. The fraction of sp³-hybridized carbons (Fsp3) is 1.00. The van der Waals surface area contributed by atoms with Gasteiger partial charge in [-0.15, -0.1) is 0 Å². The SMILES string of the molecule is CCSSCCN1CCN(C)CC1. The highest BCUT2D eigenvalue weighted by Crippen LogP contribution is 2.20. The highest BCUT2D eigenvalue weighted by atomic mass is 33.1. The highest BCUT2D eigenvalue weighted by Gasteiger charge is 2.12. The van der Waals surface area contributed by atoms with Crippen LogP contribution in [0.5, 0.6) is 0 Å². The monoisotopic (exact) mass is 220 g/mol. The van der Waals surface area contributed by atoms with Crippen molar-refractivity contribution in [1.29, 1.82) is 0 Å². The van der Waals surface area contributed by atoms with Crippen LogP contribution in [0.4, 0.5) is 0 Å². The van der Waals surface area contributed by atoms with Crippen LogP contribution < -0.4 is 0 Å². The minimum atomic E-state index is 1.23. The Bertz CT molecular complexity index is 125. The van der Waals surface area contributed by atoms with Crippen LogP contribution >= 0.6 is 21.6 Å². The summed E-state index contributed by atoms with van der Waals surface area (Å²) in [5.74, 6) is 2.51. The lowest BCUT2D eigenvalue weighted by atomic mass is 10.3. The summed E-state index contributed by atoms with van der Waals surface area (Å²) >= 11 is 0. The lowest BCUT2D eigenvalue weighted by Gasteiger charge is -2.32. The summed E-state index contributed by atoms with van der Waals surface area (Å²) in [7, 11) is 6.19. The third-order valence-electron chi connectivity index (χ3n) is 2.29. The molecule has 0 aromatic rings. The molecule has 0 aromatic heterocycles. The average molecular weight is 220 g/mol. The van der Waals surface area contributed by atoms with Crippen molar-refractivity contribution in [2.45, 2.75) is 6.92 Å². The standard InChI is InChI=1S/C9H20N2S2/c1-3-12-13-9-8-11-6-4-10(2)5-7-11/h3-9H2,1-2H3. The van der Waals surface area contributed by atoms with Crippen molar-refractivity contribution in [3.05, 3.63) is 0 Å². The van der Waals surface area contributed by atoms with E-state index in [4.69, 9.17) is 0 Å². The predicted octanol–water partition coefficient (Wildman–Crippen LogP) is 1.64. The van der Waals surface area contributed by atoms with E-state index in [0.29, 0.717) is 0 Å². The normalized spacial score (nSPS) is 20.8. The van der Waals surface area contributed by atoms with Crippen molar-refractivity contribution < 1.29 is 0 Å². The zero-order valence-corrected chi connectivity index (χ0v) is 10.3. The molecule has 2 nitrogen and oxygen atoms in total. The first-order chi connectivity index (χ1) is 6.33. The second kappa shape index (κ2) is 6.98. The second-order valence-corrected chi connectivity index (χ2v) is 6.24. The Morgan fingerprint density at radius 3 is 2.38 bits per heavy atom. The Kier molecular flexibility index (Phi) is 6.28. The van der Waals surface area contributed by atoms with Gasteiger partial charge in [-0.3, -0.25) is 4.90 Å². The first-order valence-electron chi connectivity index (χ1n) is 4.98. The Balaban J connectivity index is 1.96. The van der Waals surface area contributed by atoms with Gasteiger partial charge in [-0.2, -0.15) is 0 Å². The van der Waals surface area contributed by atoms with Crippen LogP contribution in [-0.2, 0) is 0 Å². The zero-order chi connectivity index (χ0) is 9.52. The van der Waals surface area contributed by atoms with Crippen LogP contribution in [0.3, 0.4) is 0 Å². The second-order valence-electron chi connectivity index (χ2n) is 3.37. The van der Waals surface area contributed by atoms with E-state index < -0.39 is 0 Å². The van der Waals surface area contributed by atoms with E-state index in [0.717, 1.165) is 0 Å². The molecule has 0 saturated carbocycles. The Hall–Kier alpha value is 0.620. The van der Waals surface area contributed by atoms with E-state index in [1.165, 1.54) is 44.2 Å². The molecular weight excluding hydrogens is 200 g/mol. The van der Waals surface area contributed by atoms with Gasteiger partial charge in [-0.05, 0) is 7.05 Å². The van der Waals surface area contributed by atoms with Crippen molar-refractivity contribution in [2.75, 3.05) is 51.3 Å². The Labute approximate surface area is 89.8 Å². The predicted molar refractivity (Wildman–Crippen MR) is 64.5 cm³/mol. The molecule has 1 saturated heterocycles. The molecule has 0 amide bonds. The molecule has 1 heterocycles. The average Bonchev–Trinajstić information content (AvgIpc) is 2.15. The van der Waals surface area contributed by atoms with Gasteiger partial charge in [0.25, 0.3) is 0 Å². The molecule has 0 aliphatic carbocycles. The number of nitrogens with zero attached hydrogens (tertiary/aromatic N) is 2. The minimum absolute atomic E-state index is 1.23. The smallest absolute Gasteiger partial charge is 0.0165 e. The maximum absolute atomic E-state index is 2.57. The van der Waals surface area contributed by atoms with Gasteiger partial charge < -0.3 is 4.90 Å². The topological polar surface area (TPSA) is 6.48 Å². The lowest BCUT2D eigenvalue weighted by Crippen LogP contribution is -2.45. The molecule has 13 heavy (non-hydrogen) atoms. The van der Waals surface area contributed by atoms with E-state index >= 15 is 0 Å². The summed E-state index contributed by atoms with van der Waals surface area (Å²) in [6.07, 6.45) is 0. The third-order valence-corrected chi connectivity index (χ3v) is 4.75. The van der Waals surface area contributed by atoms with Crippen LogP contribution in [0.1, 0.15) is 6.92 Å². The number of rotatable bonds is 5. The number of piperazine rings is 1. The molecule has 0 bridgehead atoms. The van der Waals surface area contributed by atoms with Gasteiger partial charge in [0.1, 0.15) is 0 Å². The molecule has 0 spiro atoms. The first-order valence-corrected chi connectivity index (χ1v) is 7.47. The quantitative estimate of drug-likeness (QED) is 0.513. The Morgan fingerprint density at radius 2 is 1.77 bits per heavy atom. The molecule has 78 valence electrons. The summed E-state index contributed by atoms with van der Waals surface area (Å²) in [6, 6.07) is 0. The molecule has 4 heteroatoms. The van der Waals surface area contributed by atoms with Crippen molar-refractivity contribution >= 4 is 21.6 Å². The van der Waals surface area contributed by atoms with Gasteiger partial charge in [-0.25, -0.2) is 0 Å². The fourth-order valence-electron chi connectivity index (χ4n) is 1.38. The van der Waals surface area contributed by atoms with Gasteiger partial charge in [-0.1, -0.05) is 28.5 Å². The molecule has 1 rings (SSSR count). The van der Waals surface area contributed by atoms with Crippen LogP contribution in [0.25, 0.3) is 0 Å². The Morgan fingerprint density at radius 1 is 1.08 bits per heavy atom. The fourth-order valence-corrected chi connectivity index (χ4v) is 3.07.